The number of hydrogen-bond donors (Lipinski definition) is 1. The Morgan fingerprint density at radius 1 is 1.05 bits per heavy atom. The first-order valence-electron chi connectivity index (χ1n) is 8.33. The third-order valence-corrected chi connectivity index (χ3v) is 3.72. The molecule has 0 aliphatic rings. The predicted molar refractivity (Wildman–Crippen MR) is 87.1 cm³/mol. The third kappa shape index (κ3) is 7.47. The van der Waals surface area contributed by atoms with Gasteiger partial charge < -0.3 is 10.5 Å². The number of benzene rings is 1. The number of rotatable bonds is 11. The molecule has 0 heterocycles. The van der Waals surface area contributed by atoms with Crippen LogP contribution in [0.25, 0.3) is 0 Å². The second kappa shape index (κ2) is 10.6. The summed E-state index contributed by atoms with van der Waals surface area (Å²) < 4.78 is 19.0. The van der Waals surface area contributed by atoms with Gasteiger partial charge in [-0.2, -0.15) is 0 Å². The average Bonchev–Trinajstić information content (AvgIpc) is 2.46. The molecule has 2 nitrogen and oxygen atoms in total. The van der Waals surface area contributed by atoms with Crippen molar-refractivity contribution in [3.05, 3.63) is 29.6 Å². The molecule has 0 amide bonds. The van der Waals surface area contributed by atoms with Crippen LogP contribution in [-0.2, 0) is 0 Å². The summed E-state index contributed by atoms with van der Waals surface area (Å²) in [4.78, 5) is 0. The van der Waals surface area contributed by atoms with Crippen molar-refractivity contribution in [3.63, 3.8) is 0 Å². The van der Waals surface area contributed by atoms with E-state index in [4.69, 9.17) is 10.5 Å². The number of hydrogen-bond acceptors (Lipinski definition) is 2. The molecule has 0 aliphatic heterocycles. The van der Waals surface area contributed by atoms with Gasteiger partial charge in [0.15, 0.2) is 0 Å². The maximum atomic E-state index is 13.2. The largest absolute Gasteiger partial charge is 0.493 e. The molecule has 0 fully saturated rings. The summed E-state index contributed by atoms with van der Waals surface area (Å²) in [5.74, 6) is 0.455. The van der Waals surface area contributed by atoms with Crippen LogP contribution in [-0.4, -0.2) is 6.61 Å². The molecular formula is C18H30FNO. The SMILES string of the molecule is CCCCCCCCCCOc1ccc(F)cc1[C@@H](C)N. The quantitative estimate of drug-likeness (QED) is 0.557. The zero-order valence-electron chi connectivity index (χ0n) is 13.5. The molecule has 0 saturated carbocycles. The molecule has 1 aromatic carbocycles. The summed E-state index contributed by atoms with van der Waals surface area (Å²) in [6.07, 6.45) is 10.2. The molecule has 0 spiro atoms. The first-order valence-corrected chi connectivity index (χ1v) is 8.33. The standard InChI is InChI=1S/C18H30FNO/c1-3-4-5-6-7-8-9-10-13-21-18-12-11-16(19)14-17(18)15(2)20/h11-12,14-15H,3-10,13,20H2,1-2H3/t15-/m1/s1. The Labute approximate surface area is 128 Å². The smallest absolute Gasteiger partial charge is 0.124 e. The lowest BCUT2D eigenvalue weighted by Crippen LogP contribution is -2.09. The van der Waals surface area contributed by atoms with E-state index in [0.29, 0.717) is 12.4 Å². The van der Waals surface area contributed by atoms with E-state index in [1.807, 2.05) is 6.92 Å². The summed E-state index contributed by atoms with van der Waals surface area (Å²) in [5.41, 5.74) is 6.59. The van der Waals surface area contributed by atoms with Gasteiger partial charge in [-0.15, -0.1) is 0 Å². The van der Waals surface area contributed by atoms with Gasteiger partial charge in [0.25, 0.3) is 0 Å². The van der Waals surface area contributed by atoms with Gasteiger partial charge in [-0.1, -0.05) is 51.9 Å². The molecule has 120 valence electrons. The van der Waals surface area contributed by atoms with Gasteiger partial charge in [0.1, 0.15) is 11.6 Å². The van der Waals surface area contributed by atoms with Crippen LogP contribution in [0.2, 0.25) is 0 Å². The molecule has 0 radical (unpaired) electrons. The van der Waals surface area contributed by atoms with Crippen LogP contribution < -0.4 is 10.5 Å². The number of unbranched alkanes of at least 4 members (excludes halogenated alkanes) is 7. The second-order valence-corrected chi connectivity index (χ2v) is 5.79. The monoisotopic (exact) mass is 295 g/mol. The van der Waals surface area contributed by atoms with Gasteiger partial charge >= 0.3 is 0 Å². The Morgan fingerprint density at radius 2 is 1.67 bits per heavy atom. The summed E-state index contributed by atoms with van der Waals surface area (Å²) >= 11 is 0. The van der Waals surface area contributed by atoms with E-state index < -0.39 is 0 Å². The Bertz CT molecular complexity index is 393. The summed E-state index contributed by atoms with van der Waals surface area (Å²) in [6, 6.07) is 4.36. The van der Waals surface area contributed by atoms with Gasteiger partial charge in [-0.25, -0.2) is 4.39 Å². The number of halogens is 1. The fraction of sp³-hybridized carbons (Fsp3) is 0.667. The van der Waals surface area contributed by atoms with E-state index in [-0.39, 0.29) is 11.9 Å². The van der Waals surface area contributed by atoms with Crippen LogP contribution in [0.5, 0.6) is 5.75 Å². The van der Waals surface area contributed by atoms with Crippen molar-refractivity contribution in [2.45, 2.75) is 71.3 Å². The molecule has 3 heteroatoms. The van der Waals surface area contributed by atoms with Gasteiger partial charge in [-0.05, 0) is 31.5 Å². The third-order valence-electron chi connectivity index (χ3n) is 3.72. The highest BCUT2D eigenvalue weighted by Gasteiger charge is 2.09. The minimum atomic E-state index is -0.262. The maximum absolute atomic E-state index is 13.2. The Morgan fingerprint density at radius 3 is 2.29 bits per heavy atom. The molecular weight excluding hydrogens is 265 g/mol. The van der Waals surface area contributed by atoms with Crippen molar-refractivity contribution in [1.82, 2.24) is 0 Å². The fourth-order valence-electron chi connectivity index (χ4n) is 2.42. The molecule has 2 N–H and O–H groups in total. The van der Waals surface area contributed by atoms with E-state index >= 15 is 0 Å². The Hall–Kier alpha value is -1.09. The van der Waals surface area contributed by atoms with Gasteiger partial charge in [0, 0.05) is 11.6 Å². The molecule has 1 atom stereocenters. The zero-order chi connectivity index (χ0) is 15.5. The van der Waals surface area contributed by atoms with E-state index in [9.17, 15) is 4.39 Å². The van der Waals surface area contributed by atoms with Crippen LogP contribution in [0, 0.1) is 5.82 Å². The van der Waals surface area contributed by atoms with Crippen LogP contribution in [0.15, 0.2) is 18.2 Å². The number of ether oxygens (including phenoxy) is 1. The van der Waals surface area contributed by atoms with Gasteiger partial charge in [0.05, 0.1) is 6.61 Å². The predicted octanol–water partition coefficient (Wildman–Crippen LogP) is 5.36. The average molecular weight is 295 g/mol. The summed E-state index contributed by atoms with van der Waals surface area (Å²) in [7, 11) is 0. The van der Waals surface area contributed by atoms with Crippen molar-refractivity contribution in [3.8, 4) is 5.75 Å². The van der Waals surface area contributed by atoms with E-state index in [1.54, 1.807) is 6.07 Å². The molecule has 0 aromatic heterocycles. The molecule has 1 rings (SSSR count). The molecule has 21 heavy (non-hydrogen) atoms. The fourth-order valence-corrected chi connectivity index (χ4v) is 2.42. The lowest BCUT2D eigenvalue weighted by atomic mass is 10.1. The first-order chi connectivity index (χ1) is 10.1. The van der Waals surface area contributed by atoms with E-state index in [1.165, 1.54) is 57.1 Å². The van der Waals surface area contributed by atoms with Gasteiger partial charge in [-0.3, -0.25) is 0 Å². The molecule has 1 aromatic rings. The highest BCUT2D eigenvalue weighted by Crippen LogP contribution is 2.25. The van der Waals surface area contributed by atoms with Crippen molar-refractivity contribution in [1.29, 1.82) is 0 Å². The molecule has 0 bridgehead atoms. The van der Waals surface area contributed by atoms with Crippen LogP contribution >= 0.6 is 0 Å². The van der Waals surface area contributed by atoms with Crippen LogP contribution in [0.4, 0.5) is 4.39 Å². The normalized spacial score (nSPS) is 12.4. The van der Waals surface area contributed by atoms with Gasteiger partial charge in [0.2, 0.25) is 0 Å². The first kappa shape index (κ1) is 18.0. The highest BCUT2D eigenvalue weighted by atomic mass is 19.1. The Kier molecular flexibility index (Phi) is 9.07. The van der Waals surface area contributed by atoms with Crippen LogP contribution in [0.1, 0.15) is 76.8 Å². The van der Waals surface area contributed by atoms with Crippen molar-refractivity contribution in [2.75, 3.05) is 6.61 Å². The molecule has 0 saturated heterocycles. The Balaban J connectivity index is 2.18. The highest BCUT2D eigenvalue weighted by molar-refractivity contribution is 5.36. The minimum absolute atomic E-state index is 0.214. The van der Waals surface area contributed by atoms with Crippen LogP contribution in [0.3, 0.4) is 0 Å². The van der Waals surface area contributed by atoms with E-state index in [0.717, 1.165) is 12.0 Å². The maximum Gasteiger partial charge on any atom is 0.124 e. The van der Waals surface area contributed by atoms with Crippen molar-refractivity contribution < 1.29 is 9.13 Å². The van der Waals surface area contributed by atoms with Crippen molar-refractivity contribution >= 4 is 0 Å². The summed E-state index contributed by atoms with van der Waals surface area (Å²) in [6.45, 7) is 4.77. The number of nitrogens with two attached hydrogens (primary N) is 1. The lowest BCUT2D eigenvalue weighted by molar-refractivity contribution is 0.299. The minimum Gasteiger partial charge on any atom is -0.493 e. The zero-order valence-corrected chi connectivity index (χ0v) is 13.5. The second-order valence-electron chi connectivity index (χ2n) is 5.79. The molecule has 0 unspecified atom stereocenters. The topological polar surface area (TPSA) is 35.2 Å². The summed E-state index contributed by atoms with van der Waals surface area (Å²) in [5, 5.41) is 0. The lowest BCUT2D eigenvalue weighted by Gasteiger charge is -2.14. The van der Waals surface area contributed by atoms with Crippen molar-refractivity contribution in [2.24, 2.45) is 5.73 Å². The van der Waals surface area contributed by atoms with E-state index in [2.05, 4.69) is 6.92 Å². The molecule has 0 aliphatic carbocycles.